The molecular weight excluding hydrogens is 218 g/mol. The van der Waals surface area contributed by atoms with Gasteiger partial charge >= 0.3 is 0 Å². The molecule has 1 heterocycles. The number of hydrogen-bond donors (Lipinski definition) is 1. The third-order valence-corrected chi connectivity index (χ3v) is 4.44. The molecule has 1 aliphatic rings. The molecule has 0 spiro atoms. The van der Waals surface area contributed by atoms with Gasteiger partial charge in [-0.1, -0.05) is 13.8 Å². The molecule has 2 atom stereocenters. The van der Waals surface area contributed by atoms with E-state index in [0.29, 0.717) is 12.1 Å². The van der Waals surface area contributed by atoms with Gasteiger partial charge in [-0.25, -0.2) is 0 Å². The van der Waals surface area contributed by atoms with Crippen molar-refractivity contribution >= 4 is 11.8 Å². The zero-order valence-electron chi connectivity index (χ0n) is 11.0. The molecule has 2 nitrogen and oxygen atoms in total. The van der Waals surface area contributed by atoms with Crippen LogP contribution in [0.5, 0.6) is 0 Å². The van der Waals surface area contributed by atoms with Crippen LogP contribution in [-0.4, -0.2) is 36.8 Å². The van der Waals surface area contributed by atoms with E-state index in [1.807, 2.05) is 0 Å². The van der Waals surface area contributed by atoms with Gasteiger partial charge in [0.1, 0.15) is 0 Å². The maximum Gasteiger partial charge on any atom is 0.0588 e. The van der Waals surface area contributed by atoms with Crippen LogP contribution in [0.2, 0.25) is 0 Å². The van der Waals surface area contributed by atoms with Crippen LogP contribution in [0, 0.1) is 5.92 Å². The van der Waals surface area contributed by atoms with E-state index in [1.165, 1.54) is 30.8 Å². The van der Waals surface area contributed by atoms with Crippen LogP contribution < -0.4 is 5.32 Å². The van der Waals surface area contributed by atoms with Crippen molar-refractivity contribution in [2.75, 3.05) is 24.7 Å². The molecule has 1 rings (SSSR count). The van der Waals surface area contributed by atoms with Crippen molar-refractivity contribution in [3.63, 3.8) is 0 Å². The van der Waals surface area contributed by atoms with Gasteiger partial charge in [-0.3, -0.25) is 0 Å². The van der Waals surface area contributed by atoms with E-state index in [4.69, 9.17) is 4.74 Å². The predicted octanol–water partition coefficient (Wildman–Crippen LogP) is 2.92. The summed E-state index contributed by atoms with van der Waals surface area (Å²) in [6.07, 6.45) is 4.23. The summed E-state index contributed by atoms with van der Waals surface area (Å²) in [6, 6.07) is 0.630. The lowest BCUT2D eigenvalue weighted by Crippen LogP contribution is -2.31. The Kier molecular flexibility index (Phi) is 7.50. The molecular formula is C13H27NOS. The van der Waals surface area contributed by atoms with Crippen molar-refractivity contribution in [2.45, 2.75) is 52.2 Å². The SMILES string of the molecule is CC(C)CSCC(C)NCCC1CCCO1. The summed E-state index contributed by atoms with van der Waals surface area (Å²) < 4.78 is 5.60. The molecule has 2 unspecified atom stereocenters. The van der Waals surface area contributed by atoms with E-state index in [9.17, 15) is 0 Å². The zero-order chi connectivity index (χ0) is 11.8. The Morgan fingerprint density at radius 1 is 1.31 bits per heavy atom. The Bertz CT molecular complexity index is 169. The van der Waals surface area contributed by atoms with E-state index in [0.717, 1.165) is 19.1 Å². The van der Waals surface area contributed by atoms with Crippen LogP contribution in [0.3, 0.4) is 0 Å². The molecule has 1 aliphatic heterocycles. The van der Waals surface area contributed by atoms with E-state index >= 15 is 0 Å². The van der Waals surface area contributed by atoms with Gasteiger partial charge in [-0.15, -0.1) is 0 Å². The van der Waals surface area contributed by atoms with Crippen LogP contribution in [-0.2, 0) is 4.74 Å². The minimum Gasteiger partial charge on any atom is -0.378 e. The number of nitrogens with one attached hydrogen (secondary N) is 1. The van der Waals surface area contributed by atoms with Crippen molar-refractivity contribution < 1.29 is 4.74 Å². The van der Waals surface area contributed by atoms with Gasteiger partial charge in [0.2, 0.25) is 0 Å². The lowest BCUT2D eigenvalue weighted by atomic mass is 10.2. The predicted molar refractivity (Wildman–Crippen MR) is 73.2 cm³/mol. The molecule has 3 heteroatoms. The Labute approximate surface area is 105 Å². The lowest BCUT2D eigenvalue weighted by Gasteiger charge is -2.16. The molecule has 0 amide bonds. The quantitative estimate of drug-likeness (QED) is 0.710. The molecule has 0 bridgehead atoms. The van der Waals surface area contributed by atoms with Crippen molar-refractivity contribution in [1.29, 1.82) is 0 Å². The highest BCUT2D eigenvalue weighted by molar-refractivity contribution is 7.99. The topological polar surface area (TPSA) is 21.3 Å². The van der Waals surface area contributed by atoms with Gasteiger partial charge in [0, 0.05) is 18.4 Å². The lowest BCUT2D eigenvalue weighted by molar-refractivity contribution is 0.104. The van der Waals surface area contributed by atoms with Gasteiger partial charge in [0.15, 0.2) is 0 Å². The highest BCUT2D eigenvalue weighted by Crippen LogP contribution is 2.14. The monoisotopic (exact) mass is 245 g/mol. The fourth-order valence-corrected chi connectivity index (χ4v) is 2.98. The van der Waals surface area contributed by atoms with Crippen LogP contribution in [0.1, 0.15) is 40.0 Å². The summed E-state index contributed by atoms with van der Waals surface area (Å²) in [6.45, 7) is 8.92. The third-order valence-electron chi connectivity index (χ3n) is 2.80. The Balaban J connectivity index is 1.91. The molecule has 96 valence electrons. The van der Waals surface area contributed by atoms with Crippen molar-refractivity contribution in [3.8, 4) is 0 Å². The number of ether oxygens (including phenoxy) is 1. The molecule has 0 aliphatic carbocycles. The second-order valence-corrected chi connectivity index (χ2v) is 6.29. The molecule has 16 heavy (non-hydrogen) atoms. The van der Waals surface area contributed by atoms with Crippen LogP contribution >= 0.6 is 11.8 Å². The van der Waals surface area contributed by atoms with Gasteiger partial charge < -0.3 is 10.1 Å². The van der Waals surface area contributed by atoms with Gasteiger partial charge in [-0.05, 0) is 44.4 Å². The van der Waals surface area contributed by atoms with Crippen molar-refractivity contribution in [1.82, 2.24) is 5.32 Å². The Morgan fingerprint density at radius 3 is 2.75 bits per heavy atom. The molecule has 0 aromatic heterocycles. The summed E-state index contributed by atoms with van der Waals surface area (Å²) in [7, 11) is 0. The summed E-state index contributed by atoms with van der Waals surface area (Å²) in [5, 5.41) is 3.58. The first-order valence-corrected chi connectivity index (χ1v) is 7.76. The van der Waals surface area contributed by atoms with E-state index < -0.39 is 0 Å². The number of thioether (sulfide) groups is 1. The van der Waals surface area contributed by atoms with Crippen molar-refractivity contribution in [2.24, 2.45) is 5.92 Å². The van der Waals surface area contributed by atoms with Crippen molar-refractivity contribution in [3.05, 3.63) is 0 Å². The third kappa shape index (κ3) is 6.77. The van der Waals surface area contributed by atoms with E-state index in [2.05, 4.69) is 37.8 Å². The Morgan fingerprint density at radius 2 is 2.12 bits per heavy atom. The van der Waals surface area contributed by atoms with Crippen LogP contribution in [0.15, 0.2) is 0 Å². The highest BCUT2D eigenvalue weighted by atomic mass is 32.2. The minimum absolute atomic E-state index is 0.531. The van der Waals surface area contributed by atoms with Crippen LogP contribution in [0.4, 0.5) is 0 Å². The number of hydrogen-bond acceptors (Lipinski definition) is 3. The average Bonchev–Trinajstić information content (AvgIpc) is 2.70. The van der Waals surface area contributed by atoms with E-state index in [1.54, 1.807) is 0 Å². The van der Waals surface area contributed by atoms with Crippen LogP contribution in [0.25, 0.3) is 0 Å². The molecule has 0 aromatic rings. The van der Waals surface area contributed by atoms with Gasteiger partial charge in [0.05, 0.1) is 6.10 Å². The maximum absolute atomic E-state index is 5.60. The molecule has 1 saturated heterocycles. The first kappa shape index (κ1) is 14.3. The Hall–Kier alpha value is 0.270. The largest absolute Gasteiger partial charge is 0.378 e. The summed E-state index contributed by atoms with van der Waals surface area (Å²) in [5.74, 6) is 3.31. The first-order chi connectivity index (χ1) is 7.68. The van der Waals surface area contributed by atoms with E-state index in [-0.39, 0.29) is 0 Å². The molecule has 0 radical (unpaired) electrons. The maximum atomic E-state index is 5.60. The first-order valence-electron chi connectivity index (χ1n) is 6.61. The van der Waals surface area contributed by atoms with Gasteiger partial charge in [0.25, 0.3) is 0 Å². The van der Waals surface area contributed by atoms with Gasteiger partial charge in [-0.2, -0.15) is 11.8 Å². The fraction of sp³-hybridized carbons (Fsp3) is 1.00. The molecule has 0 saturated carbocycles. The standard InChI is InChI=1S/C13H27NOS/c1-11(2)9-16-10-12(3)14-7-6-13-5-4-8-15-13/h11-14H,4-10H2,1-3H3. The fourth-order valence-electron chi connectivity index (χ4n) is 1.90. The normalized spacial score (nSPS) is 22.9. The second-order valence-electron chi connectivity index (χ2n) is 5.21. The highest BCUT2D eigenvalue weighted by Gasteiger charge is 2.14. The smallest absolute Gasteiger partial charge is 0.0588 e. The summed E-state index contributed by atoms with van der Waals surface area (Å²) in [4.78, 5) is 0. The average molecular weight is 245 g/mol. The zero-order valence-corrected chi connectivity index (χ0v) is 11.8. The minimum atomic E-state index is 0.531. The molecule has 1 N–H and O–H groups in total. The second kappa shape index (κ2) is 8.37. The summed E-state index contributed by atoms with van der Waals surface area (Å²) >= 11 is 2.06. The molecule has 0 aromatic carbocycles. The number of rotatable bonds is 8. The summed E-state index contributed by atoms with van der Waals surface area (Å²) in [5.41, 5.74) is 0. The molecule has 1 fully saturated rings.